The highest BCUT2D eigenvalue weighted by Crippen LogP contribution is 2.37. The smallest absolute Gasteiger partial charge is 0.283 e. The minimum Gasteiger partial charge on any atom is -0.450 e. The Balaban J connectivity index is 1.41. The largest absolute Gasteiger partial charge is 0.450 e. The van der Waals surface area contributed by atoms with E-state index in [4.69, 9.17) is 9.83 Å². The van der Waals surface area contributed by atoms with Gasteiger partial charge in [-0.3, -0.25) is 15.1 Å². The van der Waals surface area contributed by atoms with E-state index in [1.54, 1.807) is 17.0 Å². The van der Waals surface area contributed by atoms with Crippen molar-refractivity contribution in [1.82, 2.24) is 4.90 Å². The Kier molecular flexibility index (Phi) is 5.13. The maximum Gasteiger partial charge on any atom is 0.283 e. The van der Waals surface area contributed by atoms with E-state index in [1.807, 2.05) is 60.9 Å². The molecule has 0 fully saturated rings. The van der Waals surface area contributed by atoms with E-state index in [0.29, 0.717) is 10.9 Å². The number of hydrogen-bond acceptors (Lipinski definition) is 5. The summed E-state index contributed by atoms with van der Waals surface area (Å²) in [6.45, 7) is 2.05. The summed E-state index contributed by atoms with van der Waals surface area (Å²) in [5.74, 6) is 0.174. The van der Waals surface area contributed by atoms with Crippen LogP contribution in [0.3, 0.4) is 0 Å². The van der Waals surface area contributed by atoms with Gasteiger partial charge in [0.05, 0.1) is 11.3 Å². The van der Waals surface area contributed by atoms with E-state index >= 15 is 0 Å². The Bertz CT molecular complexity index is 1270. The third kappa shape index (κ3) is 3.89. The summed E-state index contributed by atoms with van der Waals surface area (Å²) in [5, 5.41) is 11.8. The molecule has 7 heteroatoms. The van der Waals surface area contributed by atoms with Gasteiger partial charge in [-0.15, -0.1) is 0 Å². The maximum absolute atomic E-state index is 12.6. The van der Waals surface area contributed by atoms with Crippen LogP contribution in [0.2, 0.25) is 0 Å². The molecule has 5 nitrogen and oxygen atoms in total. The van der Waals surface area contributed by atoms with Crippen molar-refractivity contribution in [2.24, 2.45) is 4.99 Å². The second-order valence-electron chi connectivity index (χ2n) is 7.00. The molecular weight excluding hydrogens is 426 g/mol. The van der Waals surface area contributed by atoms with Gasteiger partial charge in [0.15, 0.2) is 10.3 Å². The Morgan fingerprint density at radius 1 is 1.06 bits per heavy atom. The number of thioether (sulfide) groups is 1. The van der Waals surface area contributed by atoms with E-state index < -0.39 is 5.91 Å². The molecule has 3 aromatic rings. The number of carbonyl (C=O) groups excluding carboxylic acids is 1. The normalized spacial score (nSPS) is 17.1. The van der Waals surface area contributed by atoms with Crippen molar-refractivity contribution < 1.29 is 9.21 Å². The highest BCUT2D eigenvalue weighted by molar-refractivity contribution is 8.17. The first-order chi connectivity index (χ1) is 15.1. The van der Waals surface area contributed by atoms with Crippen LogP contribution in [0.15, 0.2) is 97.1 Å². The number of aryl methyl sites for hydroxylation is 1. The summed E-state index contributed by atoms with van der Waals surface area (Å²) in [7, 11) is 0. The molecular formula is C24H17N3O2S2. The number of aliphatic imine (C=N–C) groups is 1. The first-order valence-electron chi connectivity index (χ1n) is 9.59. The lowest BCUT2D eigenvalue weighted by Crippen LogP contribution is -2.37. The molecule has 1 aromatic heterocycles. The number of nitrogens with zero attached hydrogens (tertiary/aromatic N) is 2. The van der Waals surface area contributed by atoms with Crippen LogP contribution in [0.1, 0.15) is 16.9 Å². The quantitative estimate of drug-likeness (QED) is 0.498. The van der Waals surface area contributed by atoms with Crippen LogP contribution >= 0.6 is 23.5 Å². The molecule has 0 saturated carbocycles. The van der Waals surface area contributed by atoms with Gasteiger partial charge < -0.3 is 4.42 Å². The minimum atomic E-state index is -0.435. The van der Waals surface area contributed by atoms with Gasteiger partial charge in [0.1, 0.15) is 11.6 Å². The Hall–Kier alpha value is -3.29. The highest BCUT2D eigenvalue weighted by atomic mass is 32.2. The average Bonchev–Trinajstić information content (AvgIpc) is 3.40. The van der Waals surface area contributed by atoms with Crippen molar-refractivity contribution in [2.45, 2.75) is 16.9 Å². The molecule has 152 valence electrons. The standard InChI is InChI=1S/C24H17N3O2S2/c1-15-7-10-18(11-8-15)31-21-12-9-17(29-21)13-19-22(25)27-20(16-5-3-2-4-6-16)14-30-24(27)26-23(19)28/h2-14,25H,1H3/b19-13+,25-22?. The second kappa shape index (κ2) is 8.09. The van der Waals surface area contributed by atoms with Crippen LogP contribution in [0, 0.1) is 12.3 Å². The number of furan rings is 1. The van der Waals surface area contributed by atoms with Gasteiger partial charge >= 0.3 is 0 Å². The van der Waals surface area contributed by atoms with E-state index in [2.05, 4.69) is 17.1 Å². The number of amidine groups is 2. The number of amides is 1. The fraction of sp³-hybridized carbons (Fsp3) is 0.0417. The number of hydrogen-bond donors (Lipinski definition) is 1. The van der Waals surface area contributed by atoms with Crippen LogP contribution < -0.4 is 0 Å². The third-order valence-corrected chi connectivity index (χ3v) is 6.57. The monoisotopic (exact) mass is 443 g/mol. The first-order valence-corrected chi connectivity index (χ1v) is 11.3. The van der Waals surface area contributed by atoms with Crippen molar-refractivity contribution in [1.29, 1.82) is 5.41 Å². The zero-order chi connectivity index (χ0) is 21.4. The zero-order valence-electron chi connectivity index (χ0n) is 16.5. The SMILES string of the molecule is Cc1ccc(Sc2ccc(/C=C3\C(=N)N4C(c5ccccc5)=CSC4=NC3=O)o2)cc1. The number of carbonyl (C=O) groups is 1. The summed E-state index contributed by atoms with van der Waals surface area (Å²) in [5.41, 5.74) is 3.21. The summed E-state index contributed by atoms with van der Waals surface area (Å²) < 4.78 is 5.89. The molecule has 1 amide bonds. The molecule has 31 heavy (non-hydrogen) atoms. The first kappa shape index (κ1) is 19.7. The van der Waals surface area contributed by atoms with Gasteiger partial charge in [-0.05, 0) is 42.8 Å². The summed E-state index contributed by atoms with van der Waals surface area (Å²) in [6, 6.07) is 21.6. The van der Waals surface area contributed by atoms with Gasteiger partial charge in [-0.1, -0.05) is 71.6 Å². The molecule has 5 rings (SSSR count). The van der Waals surface area contributed by atoms with E-state index in [0.717, 1.165) is 21.2 Å². The Morgan fingerprint density at radius 2 is 1.84 bits per heavy atom. The molecule has 1 N–H and O–H groups in total. The number of rotatable bonds is 4. The van der Waals surface area contributed by atoms with Crippen LogP contribution in [0.5, 0.6) is 0 Å². The zero-order valence-corrected chi connectivity index (χ0v) is 18.2. The molecule has 0 atom stereocenters. The Labute approximate surface area is 188 Å². The van der Waals surface area contributed by atoms with Crippen molar-refractivity contribution in [2.75, 3.05) is 0 Å². The summed E-state index contributed by atoms with van der Waals surface area (Å²) >= 11 is 2.86. The molecule has 0 aliphatic carbocycles. The van der Waals surface area contributed by atoms with Crippen molar-refractivity contribution in [3.8, 4) is 0 Å². The molecule has 2 aliphatic rings. The van der Waals surface area contributed by atoms with E-state index in [9.17, 15) is 4.79 Å². The topological polar surface area (TPSA) is 69.7 Å². The molecule has 0 bridgehead atoms. The average molecular weight is 444 g/mol. The number of benzene rings is 2. The lowest BCUT2D eigenvalue weighted by Gasteiger charge is -2.26. The van der Waals surface area contributed by atoms with E-state index in [1.165, 1.54) is 29.1 Å². The number of fused-ring (bicyclic) bond motifs is 1. The fourth-order valence-electron chi connectivity index (χ4n) is 3.25. The predicted molar refractivity (Wildman–Crippen MR) is 126 cm³/mol. The van der Waals surface area contributed by atoms with Gasteiger partial charge in [-0.2, -0.15) is 4.99 Å². The molecule has 0 unspecified atom stereocenters. The van der Waals surface area contributed by atoms with Crippen LogP contribution in [-0.4, -0.2) is 21.8 Å². The van der Waals surface area contributed by atoms with Crippen molar-refractivity contribution >= 4 is 52.2 Å². The van der Waals surface area contributed by atoms with E-state index in [-0.39, 0.29) is 11.4 Å². The fourth-order valence-corrected chi connectivity index (χ4v) is 4.91. The third-order valence-electron chi connectivity index (χ3n) is 4.81. The lowest BCUT2D eigenvalue weighted by atomic mass is 10.1. The maximum atomic E-state index is 12.6. The molecule has 0 saturated heterocycles. The minimum absolute atomic E-state index is 0.0965. The predicted octanol–water partition coefficient (Wildman–Crippen LogP) is 6.04. The molecule has 2 aromatic carbocycles. The van der Waals surface area contributed by atoms with Crippen molar-refractivity contribution in [3.63, 3.8) is 0 Å². The van der Waals surface area contributed by atoms with Crippen LogP contribution in [0.25, 0.3) is 11.8 Å². The lowest BCUT2D eigenvalue weighted by molar-refractivity contribution is -0.114. The van der Waals surface area contributed by atoms with Crippen LogP contribution in [0.4, 0.5) is 0 Å². The molecule has 0 radical (unpaired) electrons. The van der Waals surface area contributed by atoms with Gasteiger partial charge in [0.25, 0.3) is 5.91 Å². The summed E-state index contributed by atoms with van der Waals surface area (Å²) in [6.07, 6.45) is 1.59. The van der Waals surface area contributed by atoms with Crippen molar-refractivity contribution in [3.05, 3.63) is 94.6 Å². The van der Waals surface area contributed by atoms with Gasteiger partial charge in [0.2, 0.25) is 0 Å². The summed E-state index contributed by atoms with van der Waals surface area (Å²) in [4.78, 5) is 19.6. The van der Waals surface area contributed by atoms with Gasteiger partial charge in [0, 0.05) is 10.3 Å². The second-order valence-corrected chi connectivity index (χ2v) is 8.91. The van der Waals surface area contributed by atoms with Gasteiger partial charge in [-0.25, -0.2) is 0 Å². The molecule has 2 aliphatic heterocycles. The highest BCUT2D eigenvalue weighted by Gasteiger charge is 2.36. The number of nitrogens with one attached hydrogen (secondary N) is 1. The van der Waals surface area contributed by atoms with Crippen LogP contribution in [-0.2, 0) is 4.79 Å². The molecule has 3 heterocycles. The Morgan fingerprint density at radius 3 is 2.61 bits per heavy atom. The molecule has 0 spiro atoms.